The molecule has 4 aromatic carbocycles. The van der Waals surface area contributed by atoms with E-state index in [0.717, 1.165) is 81.8 Å². The van der Waals surface area contributed by atoms with Gasteiger partial charge in [0.25, 0.3) is 5.69 Å². The van der Waals surface area contributed by atoms with Crippen LogP contribution >= 0.6 is 22.6 Å². The SMILES string of the molecule is CC(C)(C)c1cc(-c2c3nc(c(-c4ccc(I)cc4)c4nc(c(-c5cc(C(C)(C)C)cc(C(C)(C)C)c5)c5[nH]c(cc5[N+](=O)[O-])c(-c5cc(C(C)(C)C)cc(C(C)(C)C)c5)c5ccc2[nH]5)C=C4)C=C3)cc(C(C)(C)C)c1. The second-order valence-electron chi connectivity index (χ2n) is 27.3. The molecular weight excluding hydrogens is 1050 g/mol. The Bertz CT molecular complexity index is 3630. The van der Waals surface area contributed by atoms with Crippen LogP contribution in [0.3, 0.4) is 0 Å². The fraction of sp³-hybridized carbons (Fsp3) is 0.353. The molecule has 392 valence electrons. The Kier molecular flexibility index (Phi) is 13.6. The van der Waals surface area contributed by atoms with Crippen LogP contribution in [-0.2, 0) is 32.5 Å². The van der Waals surface area contributed by atoms with Crippen molar-refractivity contribution in [1.29, 1.82) is 0 Å². The number of aromatic amines is 2. The molecule has 0 spiro atoms. The zero-order valence-corrected chi connectivity index (χ0v) is 50.2. The number of rotatable bonds is 5. The minimum atomic E-state index is -0.241. The number of fused-ring (bicyclic) bond motifs is 8. The summed E-state index contributed by atoms with van der Waals surface area (Å²) < 4.78 is 1.11. The van der Waals surface area contributed by atoms with Gasteiger partial charge in [-0.2, -0.15) is 0 Å². The van der Waals surface area contributed by atoms with Crippen LogP contribution in [0.25, 0.3) is 90.9 Å². The topological polar surface area (TPSA) is 100 Å². The van der Waals surface area contributed by atoms with Crippen LogP contribution in [0.4, 0.5) is 5.69 Å². The van der Waals surface area contributed by atoms with E-state index in [1.807, 2.05) is 6.08 Å². The van der Waals surface area contributed by atoms with Crippen LogP contribution in [0.2, 0.25) is 0 Å². The number of aromatic nitrogens is 4. The molecular formula is C68H76IN5O2. The Morgan fingerprint density at radius 3 is 1.08 bits per heavy atom. The third kappa shape index (κ3) is 10.8. The lowest BCUT2D eigenvalue weighted by Crippen LogP contribution is -2.16. The van der Waals surface area contributed by atoms with E-state index >= 15 is 0 Å². The lowest BCUT2D eigenvalue weighted by Gasteiger charge is -2.26. The van der Waals surface area contributed by atoms with E-state index in [-0.39, 0.29) is 43.1 Å². The van der Waals surface area contributed by atoms with E-state index in [1.54, 1.807) is 6.07 Å². The Hall–Kier alpha value is -6.39. The van der Waals surface area contributed by atoms with Gasteiger partial charge in [0, 0.05) is 42.9 Å². The number of halogens is 1. The monoisotopic (exact) mass is 1120 g/mol. The van der Waals surface area contributed by atoms with Crippen molar-refractivity contribution < 1.29 is 4.92 Å². The van der Waals surface area contributed by atoms with Gasteiger partial charge in [-0.25, -0.2) is 9.97 Å². The van der Waals surface area contributed by atoms with Crippen molar-refractivity contribution in [2.24, 2.45) is 0 Å². The van der Waals surface area contributed by atoms with E-state index in [1.165, 1.54) is 22.3 Å². The first-order valence-corrected chi connectivity index (χ1v) is 27.8. The quantitative estimate of drug-likeness (QED) is 0.102. The summed E-state index contributed by atoms with van der Waals surface area (Å²) in [4.78, 5) is 32.7. The molecule has 0 atom stereocenters. The van der Waals surface area contributed by atoms with Crippen LogP contribution in [-0.4, -0.2) is 24.9 Å². The first-order chi connectivity index (χ1) is 35.1. The fourth-order valence-electron chi connectivity index (χ4n) is 10.2. The summed E-state index contributed by atoms with van der Waals surface area (Å²) in [5, 5.41) is 13.9. The lowest BCUT2D eigenvalue weighted by atomic mass is 9.78. The van der Waals surface area contributed by atoms with Gasteiger partial charge < -0.3 is 9.97 Å². The number of nitrogens with zero attached hydrogens (tertiary/aromatic N) is 3. The van der Waals surface area contributed by atoms with E-state index in [9.17, 15) is 10.1 Å². The molecule has 0 saturated heterocycles. The van der Waals surface area contributed by atoms with Crippen molar-refractivity contribution in [2.75, 3.05) is 0 Å². The Morgan fingerprint density at radius 2 is 0.711 bits per heavy atom. The summed E-state index contributed by atoms with van der Waals surface area (Å²) >= 11 is 2.35. The number of benzene rings is 4. The van der Waals surface area contributed by atoms with Crippen LogP contribution in [0, 0.1) is 13.7 Å². The van der Waals surface area contributed by atoms with Gasteiger partial charge in [0.05, 0.1) is 33.2 Å². The zero-order valence-electron chi connectivity index (χ0n) is 48.1. The molecule has 8 heteroatoms. The van der Waals surface area contributed by atoms with E-state index in [0.29, 0.717) is 22.3 Å². The first kappa shape index (κ1) is 54.4. The van der Waals surface area contributed by atoms with Gasteiger partial charge in [0.1, 0.15) is 5.52 Å². The highest BCUT2D eigenvalue weighted by Gasteiger charge is 2.30. The predicted octanol–water partition coefficient (Wildman–Crippen LogP) is 19.6. The number of nitro groups is 1. The molecule has 76 heavy (non-hydrogen) atoms. The maximum absolute atomic E-state index is 13.9. The molecule has 8 bridgehead atoms. The normalized spacial score (nSPS) is 13.5. The van der Waals surface area contributed by atoms with Crippen LogP contribution in [0.1, 0.15) is 181 Å². The summed E-state index contributed by atoms with van der Waals surface area (Å²) in [6, 6.07) is 35.1. The molecule has 2 aliphatic heterocycles. The van der Waals surface area contributed by atoms with Gasteiger partial charge in [0.15, 0.2) is 0 Å². The molecule has 7 nitrogen and oxygen atoms in total. The Morgan fingerprint density at radius 1 is 0.382 bits per heavy atom. The zero-order chi connectivity index (χ0) is 55.4. The molecule has 0 amide bonds. The second kappa shape index (κ2) is 19.0. The molecule has 9 rings (SSSR count). The Balaban J connectivity index is 1.58. The largest absolute Gasteiger partial charge is 0.354 e. The maximum atomic E-state index is 13.9. The third-order valence-corrected chi connectivity index (χ3v) is 15.8. The van der Waals surface area contributed by atoms with Gasteiger partial charge in [0.2, 0.25) is 0 Å². The van der Waals surface area contributed by atoms with Crippen molar-refractivity contribution in [3.8, 4) is 44.5 Å². The first-order valence-electron chi connectivity index (χ1n) is 26.7. The van der Waals surface area contributed by atoms with Gasteiger partial charge in [-0.05, 0) is 159 Å². The number of H-pyrrole nitrogens is 2. The Labute approximate surface area is 465 Å². The number of nitrogens with one attached hydrogen (secondary N) is 2. The van der Waals surface area contributed by atoms with Crippen LogP contribution < -0.4 is 0 Å². The summed E-state index contributed by atoms with van der Waals surface area (Å²) in [6.45, 7) is 40.4. The highest BCUT2D eigenvalue weighted by atomic mass is 127. The molecule has 3 aromatic heterocycles. The fourth-order valence-corrected chi connectivity index (χ4v) is 10.5. The van der Waals surface area contributed by atoms with Gasteiger partial charge in [-0.3, -0.25) is 10.1 Å². The van der Waals surface area contributed by atoms with Crippen LogP contribution in [0.15, 0.2) is 97.1 Å². The van der Waals surface area contributed by atoms with Crippen molar-refractivity contribution in [3.63, 3.8) is 0 Å². The van der Waals surface area contributed by atoms with Crippen molar-refractivity contribution in [3.05, 3.63) is 167 Å². The van der Waals surface area contributed by atoms with Gasteiger partial charge in [-0.15, -0.1) is 0 Å². The second-order valence-corrected chi connectivity index (χ2v) is 28.6. The number of hydrogen-bond donors (Lipinski definition) is 2. The van der Waals surface area contributed by atoms with Crippen molar-refractivity contribution in [2.45, 2.75) is 157 Å². The molecule has 0 unspecified atom stereocenters. The van der Waals surface area contributed by atoms with E-state index in [4.69, 9.17) is 9.97 Å². The molecule has 5 heterocycles. The predicted molar refractivity (Wildman–Crippen MR) is 332 cm³/mol. The third-order valence-electron chi connectivity index (χ3n) is 15.0. The summed E-state index contributed by atoms with van der Waals surface area (Å²) in [7, 11) is 0. The number of hydrogen-bond acceptors (Lipinski definition) is 4. The average molecular weight is 1120 g/mol. The molecule has 2 N–H and O–H groups in total. The highest BCUT2D eigenvalue weighted by molar-refractivity contribution is 14.1. The lowest BCUT2D eigenvalue weighted by molar-refractivity contribution is -0.382. The standard InChI is InChI=1S/C68H76IN5O2/c1-63(2,3)43-29-40(30-44(35-43)64(4,5)6)59-52-24-23-50(70-52)58(39-19-21-49(69)22-20-39)51-27-28-55(72-51)61(42-33-47(67(13,14)15)37-48(34-42)68(16,17)18)62-57(74(75)76)38-56(73-62)60(54-26-25-53(59)71-54)41-31-45(65(7,8)9)36-46(32-41)66(10,11)12/h19-38,71,73H,1-18H3. The van der Waals surface area contributed by atoms with Crippen molar-refractivity contribution in [1.82, 2.24) is 19.9 Å². The minimum absolute atomic E-state index is 0.0330. The molecule has 2 aliphatic rings. The average Bonchev–Trinajstić information content (AvgIpc) is 4.15. The molecule has 0 aliphatic carbocycles. The minimum Gasteiger partial charge on any atom is -0.354 e. The molecule has 0 saturated carbocycles. The summed E-state index contributed by atoms with van der Waals surface area (Å²) in [5.74, 6) is 0. The van der Waals surface area contributed by atoms with Gasteiger partial charge >= 0.3 is 0 Å². The summed E-state index contributed by atoms with van der Waals surface area (Å²) in [5.41, 5.74) is 18.6. The highest BCUT2D eigenvalue weighted by Crippen LogP contribution is 2.45. The maximum Gasteiger partial charge on any atom is 0.295 e. The molecule has 7 aromatic rings. The van der Waals surface area contributed by atoms with Gasteiger partial charge in [-0.1, -0.05) is 191 Å². The summed E-state index contributed by atoms with van der Waals surface area (Å²) in [6.07, 6.45) is 8.35. The smallest absolute Gasteiger partial charge is 0.295 e. The molecule has 0 fully saturated rings. The van der Waals surface area contributed by atoms with Crippen molar-refractivity contribution >= 4 is 74.6 Å². The van der Waals surface area contributed by atoms with E-state index in [2.05, 4.69) is 266 Å². The molecule has 0 radical (unpaired) electrons. The van der Waals surface area contributed by atoms with Crippen LogP contribution in [0.5, 0.6) is 0 Å². The van der Waals surface area contributed by atoms with E-state index < -0.39 is 0 Å².